The highest BCUT2D eigenvalue weighted by Gasteiger charge is 2.39. The lowest BCUT2D eigenvalue weighted by Crippen LogP contribution is -2.46. The molecular formula is C25H34N5O6P. The Morgan fingerprint density at radius 3 is 1.89 bits per heavy atom. The van der Waals surface area contributed by atoms with Crippen molar-refractivity contribution in [2.45, 2.75) is 0 Å². The standard InChI is InChI=1S/C25H34N5O6P/c1-33-25-7-4-22(30(31)32)20-24(25)26-37(28-10-16-35-17-11-28,29-12-18-36-19-13-29)23-5-2-21(3-6-23)27-8-14-34-15-9-27/h2-7,20H,8-19H2,1H3. The molecule has 0 spiro atoms. The summed E-state index contributed by atoms with van der Waals surface area (Å²) in [4.78, 5) is 13.6. The fraction of sp³-hybridized carbons (Fsp3) is 0.520. The number of benzene rings is 2. The van der Waals surface area contributed by atoms with Gasteiger partial charge in [-0.25, -0.2) is 14.1 Å². The van der Waals surface area contributed by atoms with E-state index in [0.29, 0.717) is 37.9 Å². The summed E-state index contributed by atoms with van der Waals surface area (Å²) in [6.45, 7) is 8.49. The van der Waals surface area contributed by atoms with Crippen molar-refractivity contribution in [3.8, 4) is 5.75 Å². The number of morpholine rings is 3. The van der Waals surface area contributed by atoms with Crippen LogP contribution in [0.25, 0.3) is 0 Å². The summed E-state index contributed by atoms with van der Waals surface area (Å²) in [5.41, 5.74) is 1.63. The van der Waals surface area contributed by atoms with E-state index in [-0.39, 0.29) is 10.6 Å². The van der Waals surface area contributed by atoms with Crippen molar-refractivity contribution in [3.63, 3.8) is 0 Å². The Hall–Kier alpha value is -2.53. The predicted octanol–water partition coefficient (Wildman–Crippen LogP) is 3.09. The van der Waals surface area contributed by atoms with E-state index in [1.165, 1.54) is 12.1 Å². The highest BCUT2D eigenvalue weighted by Crippen LogP contribution is 2.59. The van der Waals surface area contributed by atoms with Crippen LogP contribution in [0.4, 0.5) is 17.1 Å². The summed E-state index contributed by atoms with van der Waals surface area (Å²) in [6.07, 6.45) is 0. The minimum Gasteiger partial charge on any atom is -0.494 e. The summed E-state index contributed by atoms with van der Waals surface area (Å²) in [7, 11) is -1.02. The maximum Gasteiger partial charge on any atom is 0.271 e. The number of methoxy groups -OCH3 is 1. The molecule has 3 aliphatic rings. The minimum absolute atomic E-state index is 0.00993. The van der Waals surface area contributed by atoms with Gasteiger partial charge >= 0.3 is 0 Å². The van der Waals surface area contributed by atoms with Gasteiger partial charge in [0.05, 0.1) is 51.7 Å². The van der Waals surface area contributed by atoms with Gasteiger partial charge in [0.15, 0.2) is 0 Å². The normalized spacial score (nSPS) is 20.0. The zero-order valence-corrected chi connectivity index (χ0v) is 22.1. The summed E-state index contributed by atoms with van der Waals surface area (Å²) in [5, 5.41) is 12.7. The van der Waals surface area contributed by atoms with Crippen LogP contribution in [-0.4, -0.2) is 100 Å². The minimum atomic E-state index is -2.59. The molecule has 200 valence electrons. The van der Waals surface area contributed by atoms with Crippen LogP contribution in [0.5, 0.6) is 5.75 Å². The number of hydrogen-bond acceptors (Lipinski definition) is 8. The van der Waals surface area contributed by atoms with Crippen LogP contribution in [0.15, 0.2) is 47.2 Å². The van der Waals surface area contributed by atoms with Crippen molar-refractivity contribution >= 4 is 29.7 Å². The van der Waals surface area contributed by atoms with Crippen LogP contribution in [-0.2, 0) is 14.2 Å². The van der Waals surface area contributed by atoms with Crippen molar-refractivity contribution < 1.29 is 23.9 Å². The molecule has 11 nitrogen and oxygen atoms in total. The lowest BCUT2D eigenvalue weighted by Gasteiger charge is -2.46. The number of hydrogen-bond donors (Lipinski definition) is 0. The van der Waals surface area contributed by atoms with Gasteiger partial charge in [-0.3, -0.25) is 10.1 Å². The van der Waals surface area contributed by atoms with Crippen molar-refractivity contribution in [1.82, 2.24) is 9.34 Å². The van der Waals surface area contributed by atoms with E-state index in [1.807, 2.05) is 0 Å². The zero-order valence-electron chi connectivity index (χ0n) is 21.2. The van der Waals surface area contributed by atoms with Gasteiger partial charge in [-0.2, -0.15) is 0 Å². The highest BCUT2D eigenvalue weighted by molar-refractivity contribution is 7.69. The second-order valence-corrected chi connectivity index (χ2v) is 12.0. The summed E-state index contributed by atoms with van der Waals surface area (Å²) < 4.78 is 32.9. The fourth-order valence-electron chi connectivity index (χ4n) is 5.06. The molecule has 37 heavy (non-hydrogen) atoms. The third-order valence-electron chi connectivity index (χ3n) is 6.96. The molecule has 0 radical (unpaired) electrons. The molecule has 12 heteroatoms. The Morgan fingerprint density at radius 1 is 0.838 bits per heavy atom. The Balaban J connectivity index is 1.69. The number of non-ortho nitro benzene ring substituents is 1. The van der Waals surface area contributed by atoms with Crippen molar-refractivity contribution in [3.05, 3.63) is 52.6 Å². The Bertz CT molecular complexity index is 1110. The molecule has 0 bridgehead atoms. The molecule has 3 heterocycles. The first-order chi connectivity index (χ1) is 18.1. The first kappa shape index (κ1) is 26.1. The third-order valence-corrected chi connectivity index (χ3v) is 10.8. The summed E-state index contributed by atoms with van der Waals surface area (Å²) >= 11 is 0. The van der Waals surface area contributed by atoms with Gasteiger partial charge < -0.3 is 23.8 Å². The first-order valence-corrected chi connectivity index (χ1v) is 14.3. The quantitative estimate of drug-likeness (QED) is 0.303. The molecule has 3 saturated heterocycles. The summed E-state index contributed by atoms with van der Waals surface area (Å²) in [6, 6.07) is 13.3. The van der Waals surface area contributed by atoms with Crippen LogP contribution in [0, 0.1) is 10.1 Å². The SMILES string of the molecule is COc1ccc([N+](=O)[O-])cc1N=P(c1ccc(N2CCOCC2)cc1)(N1CCOCC1)N1CCOCC1. The monoisotopic (exact) mass is 531 g/mol. The molecule has 2 aromatic rings. The molecule has 5 rings (SSSR count). The molecule has 2 aromatic carbocycles. The lowest BCUT2D eigenvalue weighted by molar-refractivity contribution is -0.384. The number of ether oxygens (including phenoxy) is 4. The number of rotatable bonds is 7. The van der Waals surface area contributed by atoms with Gasteiger partial charge in [0.1, 0.15) is 18.8 Å². The fourth-order valence-corrected chi connectivity index (χ4v) is 8.89. The van der Waals surface area contributed by atoms with E-state index >= 15 is 0 Å². The Morgan fingerprint density at radius 2 is 1.38 bits per heavy atom. The van der Waals surface area contributed by atoms with Crippen LogP contribution >= 0.6 is 7.36 Å². The van der Waals surface area contributed by atoms with Crippen LogP contribution in [0.3, 0.4) is 0 Å². The molecule has 3 aliphatic heterocycles. The average Bonchev–Trinajstić information content (AvgIpc) is 2.97. The van der Waals surface area contributed by atoms with E-state index in [1.54, 1.807) is 13.2 Å². The molecular weight excluding hydrogens is 497 g/mol. The highest BCUT2D eigenvalue weighted by atomic mass is 31.2. The van der Waals surface area contributed by atoms with Crippen molar-refractivity contribution in [1.29, 1.82) is 0 Å². The van der Waals surface area contributed by atoms with E-state index < -0.39 is 7.36 Å². The molecule has 0 aromatic heterocycles. The second-order valence-electron chi connectivity index (χ2n) is 9.03. The van der Waals surface area contributed by atoms with E-state index in [0.717, 1.165) is 63.5 Å². The van der Waals surface area contributed by atoms with Crippen LogP contribution in [0.1, 0.15) is 0 Å². The van der Waals surface area contributed by atoms with Gasteiger partial charge in [0.2, 0.25) is 0 Å². The van der Waals surface area contributed by atoms with Crippen LogP contribution < -0.4 is 14.9 Å². The third kappa shape index (κ3) is 5.52. The Labute approximate surface area is 217 Å². The van der Waals surface area contributed by atoms with Gasteiger partial charge in [-0.15, -0.1) is 0 Å². The van der Waals surface area contributed by atoms with Gasteiger partial charge in [0, 0.05) is 62.4 Å². The number of nitro benzene ring substituents is 1. The number of nitrogens with zero attached hydrogens (tertiary/aromatic N) is 5. The number of anilines is 1. The molecule has 0 amide bonds. The second kappa shape index (κ2) is 11.9. The van der Waals surface area contributed by atoms with Gasteiger partial charge in [0.25, 0.3) is 5.69 Å². The summed E-state index contributed by atoms with van der Waals surface area (Å²) in [5.74, 6) is 0.515. The molecule has 0 aliphatic carbocycles. The van der Waals surface area contributed by atoms with E-state index in [4.69, 9.17) is 23.7 Å². The maximum atomic E-state index is 11.6. The smallest absolute Gasteiger partial charge is 0.271 e. The van der Waals surface area contributed by atoms with E-state index in [9.17, 15) is 10.1 Å². The molecule has 0 N–H and O–H groups in total. The molecule has 0 saturated carbocycles. The average molecular weight is 532 g/mol. The molecule has 0 atom stereocenters. The maximum absolute atomic E-state index is 11.6. The first-order valence-electron chi connectivity index (χ1n) is 12.7. The van der Waals surface area contributed by atoms with Gasteiger partial charge in [-0.05, 0) is 30.3 Å². The predicted molar refractivity (Wildman–Crippen MR) is 143 cm³/mol. The van der Waals surface area contributed by atoms with Crippen LogP contribution in [0.2, 0.25) is 0 Å². The largest absolute Gasteiger partial charge is 0.494 e. The van der Waals surface area contributed by atoms with Gasteiger partial charge in [-0.1, -0.05) is 0 Å². The molecule has 0 unspecified atom stereocenters. The number of nitro groups is 1. The topological polar surface area (TPSA) is 102 Å². The van der Waals surface area contributed by atoms with Crippen molar-refractivity contribution in [2.75, 3.05) is 90.9 Å². The zero-order chi connectivity index (χ0) is 25.7. The lowest BCUT2D eigenvalue weighted by atomic mass is 10.2. The Kier molecular flexibility index (Phi) is 8.39. The van der Waals surface area contributed by atoms with Crippen molar-refractivity contribution in [2.24, 2.45) is 4.74 Å². The molecule has 3 fully saturated rings. The van der Waals surface area contributed by atoms with E-state index in [2.05, 4.69) is 38.5 Å².